The number of methoxy groups -OCH3 is 1. The van der Waals surface area contributed by atoms with Gasteiger partial charge in [-0.2, -0.15) is 0 Å². The average Bonchev–Trinajstić information content (AvgIpc) is 3.09. The second kappa shape index (κ2) is 16.2. The number of amides is 2. The number of rotatable bonds is 14. The third-order valence-corrected chi connectivity index (χ3v) is 8.67. The second-order valence-electron chi connectivity index (χ2n) is 12.1. The third-order valence-electron chi connectivity index (χ3n) is 8.67. The number of nitrogens with one attached hydrogen (secondary N) is 2. The fourth-order valence-electron chi connectivity index (χ4n) is 6.18. The van der Waals surface area contributed by atoms with Gasteiger partial charge in [0.15, 0.2) is 0 Å². The zero-order chi connectivity index (χ0) is 32.3. The maximum Gasteiger partial charge on any atom is 0.251 e. The summed E-state index contributed by atoms with van der Waals surface area (Å²) in [4.78, 5) is 29.0. The van der Waals surface area contributed by atoms with Crippen LogP contribution in [-0.2, 0) is 24.2 Å². The lowest BCUT2D eigenvalue weighted by Crippen LogP contribution is -2.48. The summed E-state index contributed by atoms with van der Waals surface area (Å²) < 4.78 is 5.33. The zero-order valence-electron chi connectivity index (χ0n) is 26.8. The number of aliphatic hydroxyl groups excluding tert-OH is 1. The fraction of sp³-hybridized carbons (Fsp3) is 0.333. The minimum absolute atomic E-state index is 0.0756. The first kappa shape index (κ1) is 32.9. The van der Waals surface area contributed by atoms with Gasteiger partial charge in [-0.3, -0.25) is 9.59 Å². The maximum atomic E-state index is 13.9. The molecule has 4 aromatic carbocycles. The monoisotopic (exact) mass is 619 g/mol. The molecule has 3 N–H and O–H groups in total. The minimum atomic E-state index is -0.844. The van der Waals surface area contributed by atoms with Crippen LogP contribution in [0.25, 0.3) is 0 Å². The molecule has 4 aromatic rings. The van der Waals surface area contributed by atoms with E-state index in [1.165, 1.54) is 5.56 Å². The molecule has 1 unspecified atom stereocenters. The molecule has 5 rings (SSSR count). The number of benzene rings is 4. The third kappa shape index (κ3) is 8.83. The molecule has 7 heteroatoms. The van der Waals surface area contributed by atoms with Gasteiger partial charge < -0.3 is 25.4 Å². The van der Waals surface area contributed by atoms with Crippen LogP contribution >= 0.6 is 0 Å². The lowest BCUT2D eigenvalue weighted by Gasteiger charge is -2.33. The zero-order valence-corrected chi connectivity index (χ0v) is 26.8. The number of aryl methyl sites for hydroxylation is 1. The molecular formula is C39H45N3O4. The summed E-state index contributed by atoms with van der Waals surface area (Å²) in [6.07, 6.45) is 2.62. The Hall–Kier alpha value is -4.46. The molecule has 46 heavy (non-hydrogen) atoms. The Morgan fingerprint density at radius 3 is 2.41 bits per heavy atom. The van der Waals surface area contributed by atoms with Crippen LogP contribution in [0.15, 0.2) is 103 Å². The number of carbonyl (C=O) groups is 2. The van der Waals surface area contributed by atoms with E-state index in [0.29, 0.717) is 38.0 Å². The van der Waals surface area contributed by atoms with Crippen molar-refractivity contribution in [2.24, 2.45) is 0 Å². The number of ether oxygens (including phenoxy) is 1. The summed E-state index contributed by atoms with van der Waals surface area (Å²) >= 11 is 0. The fourth-order valence-corrected chi connectivity index (χ4v) is 6.18. The first-order chi connectivity index (χ1) is 22.4. The quantitative estimate of drug-likeness (QED) is 0.160. The number of nitrogens with zero attached hydrogens (tertiary/aromatic N) is 1. The van der Waals surface area contributed by atoms with Gasteiger partial charge in [0, 0.05) is 43.2 Å². The van der Waals surface area contributed by atoms with Gasteiger partial charge in [0.1, 0.15) is 5.75 Å². The highest BCUT2D eigenvalue weighted by molar-refractivity contribution is 5.99. The van der Waals surface area contributed by atoms with Crippen molar-refractivity contribution in [1.29, 1.82) is 0 Å². The van der Waals surface area contributed by atoms with Gasteiger partial charge >= 0.3 is 0 Å². The molecule has 0 saturated carbocycles. The van der Waals surface area contributed by atoms with E-state index in [1.807, 2.05) is 95.9 Å². The summed E-state index contributed by atoms with van der Waals surface area (Å²) in [6.45, 7) is 3.53. The first-order valence-corrected chi connectivity index (χ1v) is 16.3. The van der Waals surface area contributed by atoms with E-state index in [0.717, 1.165) is 47.4 Å². The predicted molar refractivity (Wildman–Crippen MR) is 183 cm³/mol. The highest BCUT2D eigenvalue weighted by atomic mass is 16.5. The van der Waals surface area contributed by atoms with Crippen molar-refractivity contribution in [2.75, 3.05) is 25.1 Å². The van der Waals surface area contributed by atoms with Crippen molar-refractivity contribution in [3.8, 4) is 5.75 Å². The van der Waals surface area contributed by atoms with E-state index < -0.39 is 12.1 Å². The standard InChI is InChI=1S/C39H45N3O4/c1-3-11-29-20-33(24-34(21-29)42-27-32(18-19-38(42)44)31-15-8-5-9-16-31)39(45)41-36(23-28-12-6-4-7-13-28)37(43)26-40-25-30-14-10-17-35(22-30)46-2/h4-10,12-17,20-22,24,32,36-37,40,43H,3,11,18-19,23,25-27H2,1-2H3,(H,41,45)/t32?,36-,37+/m0/s1. The highest BCUT2D eigenvalue weighted by Crippen LogP contribution is 2.32. The largest absolute Gasteiger partial charge is 0.497 e. The molecule has 3 atom stereocenters. The van der Waals surface area contributed by atoms with Gasteiger partial charge in [0.2, 0.25) is 5.91 Å². The van der Waals surface area contributed by atoms with Gasteiger partial charge in [0.25, 0.3) is 5.91 Å². The normalized spacial score (nSPS) is 16.1. The molecule has 1 heterocycles. The SMILES string of the molecule is CCCc1cc(C(=O)N[C@@H](Cc2ccccc2)[C@H](O)CNCc2cccc(OC)c2)cc(N2CC(c3ccccc3)CCC2=O)c1. The number of piperidine rings is 1. The molecule has 1 saturated heterocycles. The van der Waals surface area contributed by atoms with E-state index >= 15 is 0 Å². The molecule has 1 aliphatic heterocycles. The van der Waals surface area contributed by atoms with E-state index in [2.05, 4.69) is 29.7 Å². The summed E-state index contributed by atoms with van der Waals surface area (Å²) in [5, 5.41) is 17.8. The van der Waals surface area contributed by atoms with Crippen molar-refractivity contribution in [3.05, 3.63) is 131 Å². The molecular weight excluding hydrogens is 574 g/mol. The van der Waals surface area contributed by atoms with Crippen LogP contribution in [0.4, 0.5) is 5.69 Å². The molecule has 1 fully saturated rings. The van der Waals surface area contributed by atoms with Crippen LogP contribution in [-0.4, -0.2) is 49.3 Å². The van der Waals surface area contributed by atoms with Crippen molar-refractivity contribution in [2.45, 2.75) is 63.6 Å². The maximum absolute atomic E-state index is 13.9. The molecule has 1 aliphatic rings. The highest BCUT2D eigenvalue weighted by Gasteiger charge is 2.29. The number of aliphatic hydroxyl groups is 1. The van der Waals surface area contributed by atoms with E-state index in [9.17, 15) is 14.7 Å². The van der Waals surface area contributed by atoms with Crippen LogP contribution < -0.4 is 20.3 Å². The first-order valence-electron chi connectivity index (χ1n) is 16.3. The van der Waals surface area contributed by atoms with Gasteiger partial charge in [-0.1, -0.05) is 86.1 Å². The van der Waals surface area contributed by atoms with E-state index in [-0.39, 0.29) is 17.7 Å². The number of hydrogen-bond donors (Lipinski definition) is 3. The Kier molecular flexibility index (Phi) is 11.6. The minimum Gasteiger partial charge on any atom is -0.497 e. The lowest BCUT2D eigenvalue weighted by atomic mass is 9.89. The Balaban J connectivity index is 1.34. The van der Waals surface area contributed by atoms with Crippen LogP contribution in [0, 0.1) is 0 Å². The number of carbonyl (C=O) groups excluding carboxylic acids is 2. The molecule has 240 valence electrons. The van der Waals surface area contributed by atoms with Gasteiger partial charge in [0.05, 0.1) is 19.3 Å². The predicted octanol–water partition coefficient (Wildman–Crippen LogP) is 6.05. The number of anilines is 1. The van der Waals surface area contributed by atoms with E-state index in [1.54, 1.807) is 7.11 Å². The molecule has 0 aromatic heterocycles. The Morgan fingerprint density at radius 1 is 0.935 bits per heavy atom. The molecule has 0 spiro atoms. The molecule has 2 amide bonds. The van der Waals surface area contributed by atoms with Gasteiger partial charge in [-0.15, -0.1) is 0 Å². The Labute approximate surface area is 272 Å². The Morgan fingerprint density at radius 2 is 1.67 bits per heavy atom. The van der Waals surface area contributed by atoms with Crippen molar-refractivity contribution in [3.63, 3.8) is 0 Å². The van der Waals surface area contributed by atoms with Crippen molar-refractivity contribution >= 4 is 17.5 Å². The molecule has 0 aliphatic carbocycles. The van der Waals surface area contributed by atoms with Crippen LogP contribution in [0.5, 0.6) is 5.75 Å². The Bertz CT molecular complexity index is 1580. The van der Waals surface area contributed by atoms with Crippen molar-refractivity contribution in [1.82, 2.24) is 10.6 Å². The smallest absolute Gasteiger partial charge is 0.251 e. The lowest BCUT2D eigenvalue weighted by molar-refractivity contribution is -0.119. The van der Waals surface area contributed by atoms with Crippen LogP contribution in [0.2, 0.25) is 0 Å². The van der Waals surface area contributed by atoms with Crippen LogP contribution in [0.1, 0.15) is 64.7 Å². The van der Waals surface area contributed by atoms with E-state index in [4.69, 9.17) is 4.74 Å². The molecule has 0 bridgehead atoms. The van der Waals surface area contributed by atoms with Gasteiger partial charge in [-0.25, -0.2) is 0 Å². The average molecular weight is 620 g/mol. The number of hydrogen-bond acceptors (Lipinski definition) is 5. The van der Waals surface area contributed by atoms with Crippen molar-refractivity contribution < 1.29 is 19.4 Å². The second-order valence-corrected chi connectivity index (χ2v) is 12.1. The molecule has 0 radical (unpaired) electrons. The summed E-state index contributed by atoms with van der Waals surface area (Å²) in [5.41, 5.74) is 5.54. The topological polar surface area (TPSA) is 90.9 Å². The van der Waals surface area contributed by atoms with Crippen LogP contribution in [0.3, 0.4) is 0 Å². The summed E-state index contributed by atoms with van der Waals surface area (Å²) in [5.74, 6) is 0.823. The summed E-state index contributed by atoms with van der Waals surface area (Å²) in [6, 6.07) is 33.2. The molecule has 7 nitrogen and oxygen atoms in total. The summed E-state index contributed by atoms with van der Waals surface area (Å²) in [7, 11) is 1.64. The van der Waals surface area contributed by atoms with Gasteiger partial charge in [-0.05, 0) is 71.8 Å².